The second-order valence-corrected chi connectivity index (χ2v) is 5.80. The number of pyridine rings is 1. The quantitative estimate of drug-likeness (QED) is 0.757. The van der Waals surface area contributed by atoms with Crippen molar-refractivity contribution in [2.24, 2.45) is 0 Å². The maximum absolute atomic E-state index is 4.13. The molecule has 0 saturated carbocycles. The number of hydrogen-bond acceptors (Lipinski definition) is 2. The van der Waals surface area contributed by atoms with Crippen molar-refractivity contribution in [3.05, 3.63) is 56.3 Å². The van der Waals surface area contributed by atoms with E-state index >= 15 is 0 Å². The third-order valence-electron chi connectivity index (χ3n) is 2.49. The fraction of sp³-hybridized carbons (Fsp3) is 0.154. The van der Waals surface area contributed by atoms with Crippen LogP contribution >= 0.6 is 38.5 Å². The van der Waals surface area contributed by atoms with Crippen LogP contribution in [0.3, 0.4) is 0 Å². The summed E-state index contributed by atoms with van der Waals surface area (Å²) < 4.78 is 2.32. The number of aromatic nitrogens is 1. The summed E-state index contributed by atoms with van der Waals surface area (Å²) in [6.45, 7) is 2.13. The van der Waals surface area contributed by atoms with Crippen LogP contribution in [0.1, 0.15) is 18.5 Å². The zero-order valence-electron chi connectivity index (χ0n) is 9.32. The van der Waals surface area contributed by atoms with Gasteiger partial charge < -0.3 is 5.32 Å². The summed E-state index contributed by atoms with van der Waals surface area (Å²) >= 11 is 5.83. The van der Waals surface area contributed by atoms with E-state index in [-0.39, 0.29) is 6.04 Å². The molecule has 0 bridgehead atoms. The highest BCUT2D eigenvalue weighted by molar-refractivity contribution is 14.1. The van der Waals surface area contributed by atoms with E-state index in [0.717, 1.165) is 10.2 Å². The van der Waals surface area contributed by atoms with Crippen LogP contribution in [0.5, 0.6) is 0 Å². The molecule has 0 aliphatic rings. The van der Waals surface area contributed by atoms with Gasteiger partial charge in [0.1, 0.15) is 0 Å². The molecule has 0 aliphatic heterocycles. The normalized spacial score (nSPS) is 12.2. The number of benzene rings is 1. The lowest BCUT2D eigenvalue weighted by molar-refractivity contribution is 0.875. The molecule has 1 heterocycles. The van der Waals surface area contributed by atoms with Gasteiger partial charge in [0.05, 0.1) is 6.04 Å². The Morgan fingerprint density at radius 3 is 2.82 bits per heavy atom. The first-order chi connectivity index (χ1) is 8.16. The standard InChI is InChI=1S/C13H12BrIN2/c1-9(10-3-2-6-16-8-10)17-11-4-5-13(15)12(14)7-11/h2-9,17H,1H3. The Bertz CT molecular complexity index is 502. The van der Waals surface area contributed by atoms with E-state index in [4.69, 9.17) is 0 Å². The van der Waals surface area contributed by atoms with E-state index in [1.54, 1.807) is 6.20 Å². The maximum Gasteiger partial charge on any atom is 0.0500 e. The molecule has 1 atom stereocenters. The van der Waals surface area contributed by atoms with Crippen molar-refractivity contribution >= 4 is 44.2 Å². The predicted molar refractivity (Wildman–Crippen MR) is 83.1 cm³/mol. The molecule has 0 radical (unpaired) electrons. The largest absolute Gasteiger partial charge is 0.378 e. The zero-order valence-corrected chi connectivity index (χ0v) is 13.1. The molecule has 1 unspecified atom stereocenters. The average molecular weight is 403 g/mol. The second kappa shape index (κ2) is 5.82. The first-order valence-electron chi connectivity index (χ1n) is 5.28. The van der Waals surface area contributed by atoms with Crippen molar-refractivity contribution < 1.29 is 0 Å². The first kappa shape index (κ1) is 12.8. The molecule has 0 saturated heterocycles. The van der Waals surface area contributed by atoms with E-state index in [0.29, 0.717) is 0 Å². The smallest absolute Gasteiger partial charge is 0.0500 e. The van der Waals surface area contributed by atoms with Gasteiger partial charge in [0.2, 0.25) is 0 Å². The van der Waals surface area contributed by atoms with E-state index in [2.05, 4.69) is 80.0 Å². The molecule has 1 aromatic carbocycles. The first-order valence-corrected chi connectivity index (χ1v) is 7.15. The van der Waals surface area contributed by atoms with Gasteiger partial charge >= 0.3 is 0 Å². The van der Waals surface area contributed by atoms with Crippen molar-refractivity contribution in [3.63, 3.8) is 0 Å². The van der Waals surface area contributed by atoms with E-state index < -0.39 is 0 Å². The van der Waals surface area contributed by atoms with Crippen LogP contribution in [0, 0.1) is 3.57 Å². The Kier molecular flexibility index (Phi) is 4.39. The molecule has 1 N–H and O–H groups in total. The molecule has 4 heteroatoms. The summed E-state index contributed by atoms with van der Waals surface area (Å²) in [4.78, 5) is 4.13. The third-order valence-corrected chi connectivity index (χ3v) is 4.83. The summed E-state index contributed by atoms with van der Waals surface area (Å²) in [5.41, 5.74) is 2.29. The van der Waals surface area contributed by atoms with Crippen molar-refractivity contribution in [2.45, 2.75) is 13.0 Å². The van der Waals surface area contributed by atoms with Crippen LogP contribution in [0.25, 0.3) is 0 Å². The second-order valence-electron chi connectivity index (χ2n) is 3.78. The van der Waals surface area contributed by atoms with Crippen LogP contribution in [-0.2, 0) is 0 Å². The number of hydrogen-bond donors (Lipinski definition) is 1. The fourth-order valence-electron chi connectivity index (χ4n) is 1.55. The summed E-state index contributed by atoms with van der Waals surface area (Å²) in [5, 5.41) is 3.45. The molecular formula is C13H12BrIN2. The monoisotopic (exact) mass is 402 g/mol. The average Bonchev–Trinajstić information content (AvgIpc) is 2.35. The van der Waals surface area contributed by atoms with Gasteiger partial charge in [-0.05, 0) is 75.3 Å². The Balaban J connectivity index is 2.13. The van der Waals surface area contributed by atoms with Crippen LogP contribution in [0.4, 0.5) is 5.69 Å². The van der Waals surface area contributed by atoms with Crippen molar-refractivity contribution in [2.75, 3.05) is 5.32 Å². The number of anilines is 1. The van der Waals surface area contributed by atoms with Gasteiger partial charge in [-0.15, -0.1) is 0 Å². The van der Waals surface area contributed by atoms with Crippen molar-refractivity contribution in [3.8, 4) is 0 Å². The van der Waals surface area contributed by atoms with Crippen LogP contribution in [0.2, 0.25) is 0 Å². The van der Waals surface area contributed by atoms with Gasteiger partial charge in [-0.1, -0.05) is 6.07 Å². The molecule has 88 valence electrons. The minimum absolute atomic E-state index is 0.246. The van der Waals surface area contributed by atoms with E-state index in [1.165, 1.54) is 9.13 Å². The van der Waals surface area contributed by atoms with Gasteiger partial charge in [0.15, 0.2) is 0 Å². The lowest BCUT2D eigenvalue weighted by Gasteiger charge is -2.15. The van der Waals surface area contributed by atoms with Gasteiger partial charge in [0, 0.05) is 26.1 Å². The number of nitrogens with one attached hydrogen (secondary N) is 1. The van der Waals surface area contributed by atoms with Crippen molar-refractivity contribution in [1.29, 1.82) is 0 Å². The lowest BCUT2D eigenvalue weighted by atomic mass is 10.1. The lowest BCUT2D eigenvalue weighted by Crippen LogP contribution is -2.06. The minimum atomic E-state index is 0.246. The van der Waals surface area contributed by atoms with Gasteiger partial charge in [0.25, 0.3) is 0 Å². The third kappa shape index (κ3) is 3.42. The summed E-state index contributed by atoms with van der Waals surface area (Å²) in [7, 11) is 0. The number of nitrogens with zero attached hydrogens (tertiary/aromatic N) is 1. The highest BCUT2D eigenvalue weighted by Gasteiger charge is 2.05. The molecule has 1 aromatic heterocycles. The topological polar surface area (TPSA) is 24.9 Å². The molecule has 2 nitrogen and oxygen atoms in total. The Labute approximate surface area is 123 Å². The number of halogens is 2. The summed E-state index contributed by atoms with van der Waals surface area (Å²) in [5.74, 6) is 0. The zero-order chi connectivity index (χ0) is 12.3. The van der Waals surface area contributed by atoms with E-state index in [1.807, 2.05) is 12.3 Å². The SMILES string of the molecule is CC(Nc1ccc(I)c(Br)c1)c1cccnc1. The van der Waals surface area contributed by atoms with Gasteiger partial charge in [-0.2, -0.15) is 0 Å². The van der Waals surface area contributed by atoms with Crippen LogP contribution < -0.4 is 5.32 Å². The van der Waals surface area contributed by atoms with Crippen molar-refractivity contribution in [1.82, 2.24) is 4.98 Å². The minimum Gasteiger partial charge on any atom is -0.378 e. The maximum atomic E-state index is 4.13. The summed E-state index contributed by atoms with van der Waals surface area (Å²) in [6, 6.07) is 10.5. The Morgan fingerprint density at radius 1 is 1.35 bits per heavy atom. The highest BCUT2D eigenvalue weighted by Crippen LogP contribution is 2.25. The summed E-state index contributed by atoms with van der Waals surface area (Å²) in [6.07, 6.45) is 3.68. The Hall–Kier alpha value is -0.620. The van der Waals surface area contributed by atoms with Gasteiger partial charge in [-0.3, -0.25) is 4.98 Å². The predicted octanol–water partition coefficient (Wildman–Crippen LogP) is 4.62. The Morgan fingerprint density at radius 2 is 2.18 bits per heavy atom. The molecule has 2 rings (SSSR count). The highest BCUT2D eigenvalue weighted by atomic mass is 127. The molecular weight excluding hydrogens is 391 g/mol. The van der Waals surface area contributed by atoms with Crippen LogP contribution in [0.15, 0.2) is 47.2 Å². The van der Waals surface area contributed by atoms with E-state index in [9.17, 15) is 0 Å². The molecule has 2 aromatic rings. The van der Waals surface area contributed by atoms with Gasteiger partial charge in [-0.25, -0.2) is 0 Å². The molecule has 0 amide bonds. The molecule has 0 fully saturated rings. The molecule has 0 spiro atoms. The number of rotatable bonds is 3. The molecule has 17 heavy (non-hydrogen) atoms. The van der Waals surface area contributed by atoms with Crippen LogP contribution in [-0.4, -0.2) is 4.98 Å². The fourth-order valence-corrected chi connectivity index (χ4v) is 2.27. The molecule has 0 aliphatic carbocycles.